The van der Waals surface area contributed by atoms with Gasteiger partial charge in [0.1, 0.15) is 11.4 Å². The molecular weight excluding hydrogens is 233 g/mol. The number of rotatable bonds is 3. The van der Waals surface area contributed by atoms with Gasteiger partial charge in [0, 0.05) is 6.54 Å². The molecule has 1 amide bonds. The van der Waals surface area contributed by atoms with Gasteiger partial charge in [-0.3, -0.25) is 0 Å². The Kier molecular flexibility index (Phi) is 4.89. The van der Waals surface area contributed by atoms with E-state index in [0.717, 1.165) is 5.56 Å². The largest absolute Gasteiger partial charge is 0.444 e. The monoisotopic (exact) mass is 251 g/mol. The summed E-state index contributed by atoms with van der Waals surface area (Å²) in [5.74, 6) is -0.280. The maximum Gasteiger partial charge on any atom is 0.407 e. The maximum atomic E-state index is 12.9. The quantitative estimate of drug-likeness (QED) is 0.894. The minimum absolute atomic E-state index is 0.280. The summed E-state index contributed by atoms with van der Waals surface area (Å²) in [5.41, 5.74) is 0.247. The van der Waals surface area contributed by atoms with Crippen LogP contribution >= 0.6 is 0 Å². The molecule has 1 aromatic rings. The second kappa shape index (κ2) is 6.19. The highest BCUT2D eigenvalue weighted by Gasteiger charge is 2.14. The van der Waals surface area contributed by atoms with Crippen molar-refractivity contribution in [3.63, 3.8) is 0 Å². The van der Waals surface area contributed by atoms with E-state index in [1.807, 2.05) is 0 Å². The predicted molar refractivity (Wildman–Crippen MR) is 69.7 cm³/mol. The summed E-state index contributed by atoms with van der Waals surface area (Å²) in [4.78, 5) is 11.3. The number of carbonyl (C=O) groups is 1. The molecule has 0 unspecified atom stereocenters. The van der Waals surface area contributed by atoms with Crippen LogP contribution in [-0.2, 0) is 4.74 Å². The molecule has 3 nitrogen and oxygen atoms in total. The lowest BCUT2D eigenvalue weighted by molar-refractivity contribution is 0.0534. The Morgan fingerprint density at radius 1 is 1.44 bits per heavy atom. The Morgan fingerprint density at radius 3 is 2.78 bits per heavy atom. The number of hydrogen-bond donors (Lipinski definition) is 1. The first-order valence-electron chi connectivity index (χ1n) is 5.76. The van der Waals surface area contributed by atoms with Crippen molar-refractivity contribution in [1.29, 1.82) is 0 Å². The van der Waals surface area contributed by atoms with Crippen molar-refractivity contribution in [2.24, 2.45) is 0 Å². The van der Waals surface area contributed by atoms with Gasteiger partial charge in [-0.1, -0.05) is 24.3 Å². The summed E-state index contributed by atoms with van der Waals surface area (Å²) in [7, 11) is 0. The highest BCUT2D eigenvalue weighted by atomic mass is 19.1. The third kappa shape index (κ3) is 6.03. The number of alkyl carbamates (subject to hydrolysis) is 1. The molecule has 0 spiro atoms. The van der Waals surface area contributed by atoms with Gasteiger partial charge in [0.05, 0.1) is 0 Å². The lowest BCUT2D eigenvalue weighted by atomic mass is 10.2. The van der Waals surface area contributed by atoms with Crippen LogP contribution in [0.4, 0.5) is 9.18 Å². The Balaban J connectivity index is 2.36. The first kappa shape index (κ1) is 14.2. The van der Waals surface area contributed by atoms with Crippen LogP contribution < -0.4 is 5.32 Å². The number of halogens is 1. The zero-order valence-electron chi connectivity index (χ0n) is 10.9. The van der Waals surface area contributed by atoms with E-state index in [4.69, 9.17) is 4.74 Å². The molecule has 0 aliphatic carbocycles. The van der Waals surface area contributed by atoms with Crippen LogP contribution in [0.2, 0.25) is 0 Å². The number of amides is 1. The van der Waals surface area contributed by atoms with Crippen molar-refractivity contribution >= 4 is 12.2 Å². The molecule has 0 aliphatic rings. The smallest absolute Gasteiger partial charge is 0.407 e. The number of nitrogens with one attached hydrogen (secondary N) is 1. The molecule has 0 fully saturated rings. The van der Waals surface area contributed by atoms with Crippen LogP contribution in [0.3, 0.4) is 0 Å². The van der Waals surface area contributed by atoms with E-state index < -0.39 is 11.7 Å². The molecule has 0 saturated heterocycles. The Morgan fingerprint density at radius 2 is 2.17 bits per heavy atom. The predicted octanol–water partition coefficient (Wildman–Crippen LogP) is 3.36. The summed E-state index contributed by atoms with van der Waals surface area (Å²) in [5, 5.41) is 2.58. The lowest BCUT2D eigenvalue weighted by Gasteiger charge is -2.19. The molecule has 98 valence electrons. The number of carbonyl (C=O) groups excluding carboxylic acids is 1. The van der Waals surface area contributed by atoms with E-state index in [2.05, 4.69) is 5.32 Å². The van der Waals surface area contributed by atoms with E-state index in [1.165, 1.54) is 12.1 Å². The number of benzene rings is 1. The van der Waals surface area contributed by atoms with Gasteiger partial charge in [0.15, 0.2) is 0 Å². The third-order valence-corrected chi connectivity index (χ3v) is 1.92. The summed E-state index contributed by atoms with van der Waals surface area (Å²) >= 11 is 0. The van der Waals surface area contributed by atoms with E-state index in [9.17, 15) is 9.18 Å². The molecule has 0 heterocycles. The third-order valence-electron chi connectivity index (χ3n) is 1.92. The van der Waals surface area contributed by atoms with Crippen LogP contribution in [0.1, 0.15) is 26.3 Å². The van der Waals surface area contributed by atoms with Crippen LogP contribution in [0, 0.1) is 5.82 Å². The molecule has 1 aromatic carbocycles. The fourth-order valence-corrected chi connectivity index (χ4v) is 1.26. The first-order chi connectivity index (χ1) is 8.37. The van der Waals surface area contributed by atoms with Crippen molar-refractivity contribution in [3.8, 4) is 0 Å². The maximum absolute atomic E-state index is 12.9. The fourth-order valence-electron chi connectivity index (χ4n) is 1.26. The number of ether oxygens (including phenoxy) is 1. The van der Waals surface area contributed by atoms with Crippen molar-refractivity contribution in [2.75, 3.05) is 6.54 Å². The molecule has 18 heavy (non-hydrogen) atoms. The average molecular weight is 251 g/mol. The van der Waals surface area contributed by atoms with Crippen molar-refractivity contribution in [2.45, 2.75) is 26.4 Å². The molecule has 1 rings (SSSR count). The van der Waals surface area contributed by atoms with Crippen LogP contribution in [0.5, 0.6) is 0 Å². The SMILES string of the molecule is CC(C)(C)OC(=O)NCC=Cc1cccc(F)c1. The average Bonchev–Trinajstić information content (AvgIpc) is 2.22. The Hall–Kier alpha value is -1.84. The van der Waals surface area contributed by atoms with Gasteiger partial charge in [-0.2, -0.15) is 0 Å². The standard InChI is InChI=1S/C14H18FNO2/c1-14(2,3)18-13(17)16-9-5-7-11-6-4-8-12(15)10-11/h4-8,10H,9H2,1-3H3,(H,16,17). The Labute approximate surface area is 107 Å². The molecule has 0 bridgehead atoms. The summed E-state index contributed by atoms with van der Waals surface area (Å²) < 4.78 is 17.9. The molecule has 1 N–H and O–H groups in total. The van der Waals surface area contributed by atoms with E-state index in [-0.39, 0.29) is 5.82 Å². The van der Waals surface area contributed by atoms with Gasteiger partial charge in [-0.15, -0.1) is 0 Å². The topological polar surface area (TPSA) is 38.3 Å². The molecule has 0 aliphatic heterocycles. The second-order valence-electron chi connectivity index (χ2n) is 4.84. The molecule has 0 saturated carbocycles. The van der Waals surface area contributed by atoms with Gasteiger partial charge < -0.3 is 10.1 Å². The Bertz CT molecular complexity index is 436. The molecule has 4 heteroatoms. The summed E-state index contributed by atoms with van der Waals surface area (Å²) in [6.45, 7) is 5.74. The van der Waals surface area contributed by atoms with Gasteiger partial charge in [0.25, 0.3) is 0 Å². The van der Waals surface area contributed by atoms with E-state index >= 15 is 0 Å². The van der Waals surface area contributed by atoms with Crippen LogP contribution in [0.25, 0.3) is 6.08 Å². The van der Waals surface area contributed by atoms with Gasteiger partial charge in [-0.05, 0) is 38.5 Å². The normalized spacial score (nSPS) is 11.6. The molecular formula is C14H18FNO2. The summed E-state index contributed by atoms with van der Waals surface area (Å²) in [6, 6.07) is 6.23. The minimum Gasteiger partial charge on any atom is -0.444 e. The zero-order valence-corrected chi connectivity index (χ0v) is 10.9. The first-order valence-corrected chi connectivity index (χ1v) is 5.76. The fraction of sp³-hybridized carbons (Fsp3) is 0.357. The zero-order chi connectivity index (χ0) is 13.6. The lowest BCUT2D eigenvalue weighted by Crippen LogP contribution is -2.32. The van der Waals surface area contributed by atoms with Crippen LogP contribution in [0.15, 0.2) is 30.3 Å². The van der Waals surface area contributed by atoms with Crippen molar-refractivity contribution < 1.29 is 13.9 Å². The minimum atomic E-state index is -0.504. The van der Waals surface area contributed by atoms with E-state index in [1.54, 1.807) is 45.1 Å². The van der Waals surface area contributed by atoms with Crippen LogP contribution in [-0.4, -0.2) is 18.2 Å². The van der Waals surface area contributed by atoms with Crippen molar-refractivity contribution in [3.05, 3.63) is 41.7 Å². The molecule has 0 radical (unpaired) electrons. The van der Waals surface area contributed by atoms with Crippen molar-refractivity contribution in [1.82, 2.24) is 5.32 Å². The summed E-state index contributed by atoms with van der Waals surface area (Å²) in [6.07, 6.45) is 3.01. The molecule has 0 atom stereocenters. The highest BCUT2D eigenvalue weighted by molar-refractivity contribution is 5.68. The molecule has 0 aromatic heterocycles. The second-order valence-corrected chi connectivity index (χ2v) is 4.84. The van der Waals surface area contributed by atoms with Gasteiger partial charge in [-0.25, -0.2) is 9.18 Å². The van der Waals surface area contributed by atoms with Gasteiger partial charge >= 0.3 is 6.09 Å². The number of hydrogen-bond acceptors (Lipinski definition) is 2. The van der Waals surface area contributed by atoms with Gasteiger partial charge in [0.2, 0.25) is 0 Å². The highest BCUT2D eigenvalue weighted by Crippen LogP contribution is 2.07. The van der Waals surface area contributed by atoms with E-state index in [0.29, 0.717) is 6.54 Å².